The van der Waals surface area contributed by atoms with Gasteiger partial charge in [0, 0.05) is 120 Å². The fourth-order valence-corrected chi connectivity index (χ4v) is 22.3. The van der Waals surface area contributed by atoms with Crippen molar-refractivity contribution in [3.63, 3.8) is 0 Å². The molecule has 6 aromatic heterocycles. The Hall–Kier alpha value is -13.6. The molecule has 0 amide bonds. The molecule has 18 aromatic carbocycles. The minimum absolute atomic E-state index is 0.610. The first-order chi connectivity index (χ1) is 55.5. The summed E-state index contributed by atoms with van der Waals surface area (Å²) in [4.78, 5) is 32.6. The van der Waals surface area contributed by atoms with Crippen LogP contribution in [-0.2, 0) is 0 Å². The minimum atomic E-state index is 0.610. The molecule has 0 N–H and O–H groups in total. The first-order valence-corrected chi connectivity index (χ1v) is 40.9. The van der Waals surface area contributed by atoms with E-state index in [0.717, 1.165) is 75.1 Å². The first kappa shape index (κ1) is 63.4. The normalized spacial score (nSPS) is 12.1. The van der Waals surface area contributed by atoms with Crippen molar-refractivity contribution in [3.8, 4) is 102 Å². The van der Waals surface area contributed by atoms with E-state index in [0.29, 0.717) is 34.9 Å². The van der Waals surface area contributed by atoms with Gasteiger partial charge in [0.2, 0.25) is 0 Å². The lowest BCUT2D eigenvalue weighted by Crippen LogP contribution is -2.00. The van der Waals surface area contributed by atoms with Crippen molar-refractivity contribution in [2.45, 2.75) is 0 Å². The van der Waals surface area contributed by atoms with Crippen LogP contribution in [0.25, 0.3) is 247 Å². The molecule has 24 rings (SSSR count). The molecule has 0 bridgehead atoms. The SMILES string of the molecule is c1ccc(-c2nc(-c3ccc4c(c3)sc3c(-c5cc6c7ccccc7c7ccccc7c6cc5-c5cc(-c6nc(-c7ccccc7)nc(-c7ccc8c(c7)sc7ccc(-c9ccc%10c%11ccccc%11c%11ccccc%11c%10c9)cc78)n6)c6sc7ccccc7c6c5)cccc34)nc(-c3cccc4c3sc3ccccc34)n2)cc1. The molecular formula is C102H56N6S4. The molecule has 0 radical (unpaired) electrons. The zero-order chi connectivity index (χ0) is 73.2. The summed E-state index contributed by atoms with van der Waals surface area (Å²) < 4.78 is 9.43. The smallest absolute Gasteiger partial charge is 0.165 e. The number of hydrogen-bond donors (Lipinski definition) is 0. The average molecular weight is 1490 g/mol. The predicted octanol–water partition coefficient (Wildman–Crippen LogP) is 29.5. The number of nitrogens with zero attached hydrogens (tertiary/aromatic N) is 6. The molecule has 0 fully saturated rings. The van der Waals surface area contributed by atoms with Gasteiger partial charge in [-0.15, -0.1) is 45.3 Å². The molecule has 10 heteroatoms. The van der Waals surface area contributed by atoms with E-state index in [-0.39, 0.29) is 0 Å². The van der Waals surface area contributed by atoms with Crippen LogP contribution in [0.5, 0.6) is 0 Å². The van der Waals surface area contributed by atoms with Crippen molar-refractivity contribution in [2.75, 3.05) is 0 Å². The van der Waals surface area contributed by atoms with Crippen LogP contribution in [0.4, 0.5) is 0 Å². The van der Waals surface area contributed by atoms with Crippen molar-refractivity contribution in [2.24, 2.45) is 0 Å². The first-order valence-electron chi connectivity index (χ1n) is 37.6. The van der Waals surface area contributed by atoms with E-state index in [9.17, 15) is 0 Å². The van der Waals surface area contributed by atoms with Gasteiger partial charge >= 0.3 is 0 Å². The summed E-state index contributed by atoms with van der Waals surface area (Å²) >= 11 is 7.22. The Labute approximate surface area is 656 Å². The second-order valence-corrected chi connectivity index (χ2v) is 33.3. The molecule has 0 aliphatic rings. The lowest BCUT2D eigenvalue weighted by atomic mass is 9.86. The van der Waals surface area contributed by atoms with E-state index in [1.54, 1.807) is 22.7 Å². The zero-order valence-corrected chi connectivity index (χ0v) is 62.9. The molecule has 0 aliphatic heterocycles. The Kier molecular flexibility index (Phi) is 14.1. The minimum Gasteiger partial charge on any atom is -0.208 e. The predicted molar refractivity (Wildman–Crippen MR) is 479 cm³/mol. The van der Waals surface area contributed by atoms with E-state index < -0.39 is 0 Å². The van der Waals surface area contributed by atoms with Gasteiger partial charge in [-0.3, -0.25) is 0 Å². The van der Waals surface area contributed by atoms with Gasteiger partial charge in [-0.05, 0) is 165 Å². The van der Waals surface area contributed by atoms with E-state index in [1.807, 2.05) is 46.9 Å². The van der Waals surface area contributed by atoms with Gasteiger partial charge in [0.1, 0.15) is 0 Å². The number of aromatic nitrogens is 6. The van der Waals surface area contributed by atoms with E-state index >= 15 is 0 Å². The van der Waals surface area contributed by atoms with Crippen LogP contribution in [0.1, 0.15) is 0 Å². The quantitative estimate of drug-likeness (QED) is 0.134. The van der Waals surface area contributed by atoms with Gasteiger partial charge in [0.05, 0.1) is 0 Å². The summed E-state index contributed by atoms with van der Waals surface area (Å²) in [6, 6.07) is 124. The van der Waals surface area contributed by atoms with Crippen molar-refractivity contribution < 1.29 is 0 Å². The Balaban J connectivity index is 0.685. The van der Waals surface area contributed by atoms with Crippen molar-refractivity contribution in [1.29, 1.82) is 0 Å². The molecule has 0 saturated heterocycles. The molecule has 0 saturated carbocycles. The van der Waals surface area contributed by atoms with Gasteiger partial charge < -0.3 is 0 Å². The maximum absolute atomic E-state index is 5.67. The third kappa shape index (κ3) is 9.99. The summed E-state index contributed by atoms with van der Waals surface area (Å²) in [5.74, 6) is 3.73. The summed E-state index contributed by atoms with van der Waals surface area (Å²) in [6.07, 6.45) is 0. The van der Waals surface area contributed by atoms with Gasteiger partial charge in [-0.2, -0.15) is 0 Å². The van der Waals surface area contributed by atoms with Crippen LogP contribution >= 0.6 is 45.3 Å². The van der Waals surface area contributed by atoms with Crippen LogP contribution in [0.2, 0.25) is 0 Å². The molecule has 0 spiro atoms. The number of hydrogen-bond acceptors (Lipinski definition) is 10. The van der Waals surface area contributed by atoms with Gasteiger partial charge in [-0.25, -0.2) is 29.9 Å². The number of thiophene rings is 4. The Bertz CT molecular complexity index is 8120. The van der Waals surface area contributed by atoms with Crippen molar-refractivity contribution in [3.05, 3.63) is 340 Å². The van der Waals surface area contributed by atoms with E-state index in [4.69, 9.17) is 29.9 Å². The highest BCUT2D eigenvalue weighted by Gasteiger charge is 2.26. The standard InChI is InChI=1S/C102H56N6S4/c1-3-21-57(22-4-1)97-103-99(107-101(105-97)80-38-20-36-77-73-33-15-17-39-89(73)110-95(77)80)62-42-46-75-78-35-19-37-79(94(78)112-93(75)54-62)85-56-84-71-32-14-11-28-67(71)66-27-10-13-31-70(66)83(84)55-81(85)63-51-87-74-34-16-18-40-90(74)111-96(87)88(52-63)102-106-98(58-23-5-2-6-24-58)104-100(108-102)61-43-47-76-86-50-60(44-48-91(86)109-92(76)53-61)59-41-45-72-68-29-8-7-25-64(68)65-26-9-12-30-69(65)82(72)49-59/h1-56H. The fourth-order valence-electron chi connectivity index (χ4n) is 17.5. The van der Waals surface area contributed by atoms with Crippen LogP contribution in [0, 0.1) is 0 Å². The molecule has 0 unspecified atom stereocenters. The number of benzene rings is 18. The molecule has 0 aliphatic carbocycles. The average Bonchev–Trinajstić information content (AvgIpc) is 1.62. The lowest BCUT2D eigenvalue weighted by Gasteiger charge is -2.18. The van der Waals surface area contributed by atoms with Crippen LogP contribution in [0.3, 0.4) is 0 Å². The summed E-state index contributed by atoms with van der Waals surface area (Å²) in [5.41, 5.74) is 12.5. The molecular weight excluding hydrogens is 1440 g/mol. The summed E-state index contributed by atoms with van der Waals surface area (Å²) in [7, 11) is 0. The molecule has 6 nitrogen and oxygen atoms in total. The van der Waals surface area contributed by atoms with Crippen LogP contribution < -0.4 is 0 Å². The third-order valence-corrected chi connectivity index (χ3v) is 27.5. The van der Waals surface area contributed by atoms with Crippen molar-refractivity contribution >= 4 is 191 Å². The number of rotatable bonds is 9. The number of fused-ring (bicyclic) bond motifs is 24. The largest absolute Gasteiger partial charge is 0.208 e. The highest BCUT2D eigenvalue weighted by Crippen LogP contribution is 2.51. The van der Waals surface area contributed by atoms with E-state index in [1.165, 1.54) is 137 Å². The topological polar surface area (TPSA) is 77.3 Å². The van der Waals surface area contributed by atoms with Crippen LogP contribution in [0.15, 0.2) is 340 Å². The maximum atomic E-state index is 5.67. The highest BCUT2D eigenvalue weighted by molar-refractivity contribution is 7.27. The van der Waals surface area contributed by atoms with Crippen LogP contribution in [-0.4, -0.2) is 29.9 Å². The third-order valence-electron chi connectivity index (χ3n) is 22.7. The Morgan fingerprint density at radius 3 is 1.02 bits per heavy atom. The van der Waals surface area contributed by atoms with Gasteiger partial charge in [0.15, 0.2) is 34.9 Å². The molecule has 112 heavy (non-hydrogen) atoms. The second-order valence-electron chi connectivity index (χ2n) is 29.0. The Morgan fingerprint density at radius 2 is 0.464 bits per heavy atom. The highest BCUT2D eigenvalue weighted by atomic mass is 32.1. The molecule has 24 aromatic rings. The fraction of sp³-hybridized carbons (Fsp3) is 0. The maximum Gasteiger partial charge on any atom is 0.165 e. The lowest BCUT2D eigenvalue weighted by molar-refractivity contribution is 1.08. The zero-order valence-electron chi connectivity index (χ0n) is 59.6. The molecule has 0 atom stereocenters. The monoisotopic (exact) mass is 1490 g/mol. The van der Waals surface area contributed by atoms with Gasteiger partial charge in [-0.1, -0.05) is 267 Å². The Morgan fingerprint density at radius 1 is 0.134 bits per heavy atom. The summed E-state index contributed by atoms with van der Waals surface area (Å²) in [6.45, 7) is 0. The molecule has 518 valence electrons. The second kappa shape index (κ2) is 25.0. The van der Waals surface area contributed by atoms with Crippen molar-refractivity contribution in [1.82, 2.24) is 29.9 Å². The summed E-state index contributed by atoms with van der Waals surface area (Å²) in [5, 5.41) is 24.4. The molecule has 6 heterocycles. The van der Waals surface area contributed by atoms with E-state index in [2.05, 4.69) is 315 Å². The van der Waals surface area contributed by atoms with Gasteiger partial charge in [0.25, 0.3) is 0 Å².